The minimum Gasteiger partial charge on any atom is -0.464 e. The highest BCUT2D eigenvalue weighted by Crippen LogP contribution is 2.23. The largest absolute Gasteiger partial charge is 0.464 e. The van der Waals surface area contributed by atoms with Crippen molar-refractivity contribution in [3.05, 3.63) is 33.8 Å². The van der Waals surface area contributed by atoms with Crippen LogP contribution in [0, 0.1) is 6.92 Å². The van der Waals surface area contributed by atoms with Crippen LogP contribution in [0.2, 0.25) is 0 Å². The summed E-state index contributed by atoms with van der Waals surface area (Å²) in [5.74, 6) is -0.394. The first-order valence-corrected chi connectivity index (χ1v) is 8.07. The van der Waals surface area contributed by atoms with E-state index < -0.39 is 6.04 Å². The van der Waals surface area contributed by atoms with E-state index in [9.17, 15) is 9.59 Å². The molecule has 1 atom stereocenters. The fourth-order valence-corrected chi connectivity index (χ4v) is 3.29. The Hall–Kier alpha value is -1.36. The van der Waals surface area contributed by atoms with Gasteiger partial charge in [-0.05, 0) is 56.9 Å². The molecular formula is C16H20BrNO3. The molecule has 0 spiro atoms. The molecule has 1 fully saturated rings. The van der Waals surface area contributed by atoms with Crippen LogP contribution in [-0.2, 0) is 9.53 Å². The van der Waals surface area contributed by atoms with Gasteiger partial charge in [0.25, 0.3) is 5.91 Å². The van der Waals surface area contributed by atoms with Crippen LogP contribution >= 0.6 is 15.9 Å². The summed E-state index contributed by atoms with van der Waals surface area (Å²) in [6.07, 6.45) is 2.55. The highest BCUT2D eigenvalue weighted by molar-refractivity contribution is 9.10. The third-order valence-corrected chi connectivity index (χ3v) is 4.07. The molecule has 0 aliphatic carbocycles. The number of ether oxygens (including phenoxy) is 1. The van der Waals surface area contributed by atoms with Crippen molar-refractivity contribution < 1.29 is 14.3 Å². The maximum Gasteiger partial charge on any atom is 0.328 e. The zero-order chi connectivity index (χ0) is 15.4. The topological polar surface area (TPSA) is 46.6 Å². The zero-order valence-corrected chi connectivity index (χ0v) is 14.0. The second-order valence-corrected chi connectivity index (χ2v) is 6.20. The molecule has 1 amide bonds. The van der Waals surface area contributed by atoms with Gasteiger partial charge < -0.3 is 9.64 Å². The highest BCUT2D eigenvalue weighted by atomic mass is 79.9. The SMILES string of the molecule is CCOC(=O)C1CCCCN1C(=O)c1cc(C)cc(Br)c1. The summed E-state index contributed by atoms with van der Waals surface area (Å²) >= 11 is 3.41. The zero-order valence-electron chi connectivity index (χ0n) is 12.4. The van der Waals surface area contributed by atoms with E-state index in [-0.39, 0.29) is 11.9 Å². The van der Waals surface area contributed by atoms with Crippen molar-refractivity contribution in [1.29, 1.82) is 0 Å². The molecule has 1 aromatic carbocycles. The van der Waals surface area contributed by atoms with Crippen LogP contribution in [0.5, 0.6) is 0 Å². The van der Waals surface area contributed by atoms with Crippen LogP contribution in [0.3, 0.4) is 0 Å². The molecule has 1 saturated heterocycles. The van der Waals surface area contributed by atoms with Crippen LogP contribution in [0.25, 0.3) is 0 Å². The number of piperidine rings is 1. The fourth-order valence-electron chi connectivity index (χ4n) is 2.68. The van der Waals surface area contributed by atoms with Gasteiger partial charge in [0.05, 0.1) is 6.61 Å². The van der Waals surface area contributed by atoms with Gasteiger partial charge in [-0.2, -0.15) is 0 Å². The van der Waals surface area contributed by atoms with Crippen LogP contribution in [-0.4, -0.2) is 36.0 Å². The van der Waals surface area contributed by atoms with Gasteiger partial charge in [-0.15, -0.1) is 0 Å². The van der Waals surface area contributed by atoms with E-state index in [0.29, 0.717) is 25.1 Å². The Morgan fingerprint density at radius 1 is 1.33 bits per heavy atom. The first-order valence-electron chi connectivity index (χ1n) is 7.27. The smallest absolute Gasteiger partial charge is 0.328 e. The number of benzene rings is 1. The molecule has 1 aliphatic rings. The van der Waals surface area contributed by atoms with Crippen LogP contribution < -0.4 is 0 Å². The van der Waals surface area contributed by atoms with E-state index in [1.54, 1.807) is 17.9 Å². The standard InChI is InChI=1S/C16H20BrNO3/c1-3-21-16(20)14-6-4-5-7-18(14)15(19)12-8-11(2)9-13(17)10-12/h8-10,14H,3-7H2,1-2H3. The third kappa shape index (κ3) is 3.84. The van der Waals surface area contributed by atoms with Gasteiger partial charge >= 0.3 is 5.97 Å². The molecule has 0 N–H and O–H groups in total. The van der Waals surface area contributed by atoms with Gasteiger partial charge in [-0.1, -0.05) is 15.9 Å². The summed E-state index contributed by atoms with van der Waals surface area (Å²) in [5.41, 5.74) is 1.62. The molecular weight excluding hydrogens is 334 g/mol. The van der Waals surface area contributed by atoms with Gasteiger partial charge in [-0.3, -0.25) is 4.79 Å². The lowest BCUT2D eigenvalue weighted by atomic mass is 10.0. The van der Waals surface area contributed by atoms with Gasteiger partial charge in [0.15, 0.2) is 0 Å². The van der Waals surface area contributed by atoms with Gasteiger partial charge in [0.1, 0.15) is 6.04 Å². The molecule has 1 unspecified atom stereocenters. The molecule has 21 heavy (non-hydrogen) atoms. The predicted octanol–water partition coefficient (Wildman–Crippen LogP) is 3.32. The number of halogens is 1. The van der Waals surface area contributed by atoms with E-state index in [0.717, 1.165) is 22.9 Å². The van der Waals surface area contributed by atoms with E-state index in [2.05, 4.69) is 15.9 Å². The first-order chi connectivity index (χ1) is 10.0. The van der Waals surface area contributed by atoms with E-state index in [1.165, 1.54) is 0 Å². The van der Waals surface area contributed by atoms with Crippen molar-refractivity contribution in [1.82, 2.24) is 4.90 Å². The van der Waals surface area contributed by atoms with Crippen molar-refractivity contribution in [3.8, 4) is 0 Å². The van der Waals surface area contributed by atoms with Crippen LogP contribution in [0.1, 0.15) is 42.1 Å². The maximum absolute atomic E-state index is 12.7. The average Bonchev–Trinajstić information content (AvgIpc) is 2.45. The van der Waals surface area contributed by atoms with Crippen LogP contribution in [0.15, 0.2) is 22.7 Å². The summed E-state index contributed by atoms with van der Waals surface area (Å²) in [5, 5.41) is 0. The predicted molar refractivity (Wildman–Crippen MR) is 84.2 cm³/mol. The summed E-state index contributed by atoms with van der Waals surface area (Å²) in [4.78, 5) is 26.4. The summed E-state index contributed by atoms with van der Waals surface area (Å²) in [7, 11) is 0. The second kappa shape index (κ2) is 7.07. The molecule has 0 bridgehead atoms. The molecule has 4 nitrogen and oxygen atoms in total. The minimum absolute atomic E-state index is 0.0999. The van der Waals surface area contributed by atoms with Crippen molar-refractivity contribution in [3.63, 3.8) is 0 Å². The van der Waals surface area contributed by atoms with Gasteiger partial charge in [0.2, 0.25) is 0 Å². The lowest BCUT2D eigenvalue weighted by Crippen LogP contribution is -2.48. The number of aryl methyl sites for hydroxylation is 1. The molecule has 114 valence electrons. The van der Waals surface area contributed by atoms with Crippen LogP contribution in [0.4, 0.5) is 0 Å². The number of hydrogen-bond acceptors (Lipinski definition) is 3. The van der Waals surface area contributed by atoms with Crippen molar-refractivity contribution in [2.75, 3.05) is 13.2 Å². The normalized spacial score (nSPS) is 18.4. The van der Waals surface area contributed by atoms with Crippen molar-refractivity contribution >= 4 is 27.8 Å². The number of esters is 1. The monoisotopic (exact) mass is 353 g/mol. The number of carbonyl (C=O) groups is 2. The molecule has 0 saturated carbocycles. The second-order valence-electron chi connectivity index (χ2n) is 5.28. The number of nitrogens with zero attached hydrogens (tertiary/aromatic N) is 1. The molecule has 1 heterocycles. The van der Waals surface area contributed by atoms with E-state index >= 15 is 0 Å². The minimum atomic E-state index is -0.453. The Morgan fingerprint density at radius 2 is 2.10 bits per heavy atom. The number of rotatable bonds is 3. The number of hydrogen-bond donors (Lipinski definition) is 0. The number of carbonyl (C=O) groups excluding carboxylic acids is 2. The van der Waals surface area contributed by atoms with Crippen molar-refractivity contribution in [2.24, 2.45) is 0 Å². The molecule has 5 heteroatoms. The maximum atomic E-state index is 12.7. The lowest BCUT2D eigenvalue weighted by Gasteiger charge is -2.34. The molecule has 2 rings (SSSR count). The van der Waals surface area contributed by atoms with E-state index in [1.807, 2.05) is 19.1 Å². The molecule has 1 aliphatic heterocycles. The fraction of sp³-hybridized carbons (Fsp3) is 0.500. The molecule has 1 aromatic rings. The van der Waals surface area contributed by atoms with E-state index in [4.69, 9.17) is 4.74 Å². The lowest BCUT2D eigenvalue weighted by molar-refractivity contribution is -0.149. The molecule has 0 radical (unpaired) electrons. The Balaban J connectivity index is 2.24. The third-order valence-electron chi connectivity index (χ3n) is 3.61. The summed E-state index contributed by atoms with van der Waals surface area (Å²) in [6.45, 7) is 4.67. The Morgan fingerprint density at radius 3 is 2.76 bits per heavy atom. The number of amides is 1. The Bertz CT molecular complexity index is 524. The van der Waals surface area contributed by atoms with Gasteiger partial charge in [0, 0.05) is 16.6 Å². The molecule has 0 aromatic heterocycles. The average molecular weight is 354 g/mol. The first kappa shape index (κ1) is 16.0. The highest BCUT2D eigenvalue weighted by Gasteiger charge is 2.33. The Kier molecular flexibility index (Phi) is 5.39. The summed E-state index contributed by atoms with van der Waals surface area (Å²) < 4.78 is 5.97. The summed E-state index contributed by atoms with van der Waals surface area (Å²) in [6, 6.07) is 5.15. The van der Waals surface area contributed by atoms with Crippen molar-refractivity contribution in [2.45, 2.75) is 39.2 Å². The Labute approximate surface area is 133 Å². The number of likely N-dealkylation sites (tertiary alicyclic amines) is 1. The van der Waals surface area contributed by atoms with Gasteiger partial charge in [-0.25, -0.2) is 4.79 Å². The quantitative estimate of drug-likeness (QED) is 0.783.